The summed E-state index contributed by atoms with van der Waals surface area (Å²) in [7, 11) is 0. The van der Waals surface area contributed by atoms with Crippen LogP contribution in [0.2, 0.25) is 0 Å². The van der Waals surface area contributed by atoms with Crippen molar-refractivity contribution in [1.29, 1.82) is 0 Å². The molecule has 3 nitrogen and oxygen atoms in total. The van der Waals surface area contributed by atoms with E-state index in [0.717, 1.165) is 5.52 Å². The lowest BCUT2D eigenvalue weighted by Crippen LogP contribution is -2.18. The molecule has 1 fully saturated rings. The smallest absolute Gasteiger partial charge is 0.201 e. The minimum Gasteiger partial charge on any atom is -0.369 e. The normalized spacial score (nSPS) is 23.9. The van der Waals surface area contributed by atoms with Gasteiger partial charge in [-0.2, -0.15) is 11.8 Å². The van der Waals surface area contributed by atoms with Crippen LogP contribution in [0.5, 0.6) is 0 Å². The fraction of sp³-hybridized carbons (Fsp3) is 0.500. The molecule has 0 saturated heterocycles. The van der Waals surface area contributed by atoms with Crippen molar-refractivity contribution in [2.75, 3.05) is 12.0 Å². The summed E-state index contributed by atoms with van der Waals surface area (Å²) in [5.41, 5.74) is 9.68. The van der Waals surface area contributed by atoms with Gasteiger partial charge in [-0.1, -0.05) is 18.6 Å². The molecule has 1 saturated carbocycles. The van der Waals surface area contributed by atoms with Gasteiger partial charge in [-0.3, -0.25) is 0 Å². The highest BCUT2D eigenvalue weighted by Crippen LogP contribution is 2.40. The Morgan fingerprint density at radius 1 is 1.39 bits per heavy atom. The first-order valence-electron chi connectivity index (χ1n) is 6.48. The van der Waals surface area contributed by atoms with Gasteiger partial charge in [0.2, 0.25) is 5.95 Å². The third kappa shape index (κ3) is 1.70. The maximum absolute atomic E-state index is 6.16. The molecule has 1 heterocycles. The number of aromatic nitrogens is 2. The van der Waals surface area contributed by atoms with Crippen molar-refractivity contribution in [1.82, 2.24) is 9.55 Å². The van der Waals surface area contributed by atoms with E-state index in [1.807, 2.05) is 11.8 Å². The molecule has 2 unspecified atom stereocenters. The summed E-state index contributed by atoms with van der Waals surface area (Å²) in [5, 5.41) is 0.671. The molecule has 18 heavy (non-hydrogen) atoms. The van der Waals surface area contributed by atoms with Crippen LogP contribution >= 0.6 is 11.8 Å². The largest absolute Gasteiger partial charge is 0.369 e. The molecule has 1 aliphatic rings. The molecule has 0 aliphatic heterocycles. The second kappa shape index (κ2) is 4.50. The molecule has 0 amide bonds. The number of fused-ring (bicyclic) bond motifs is 1. The monoisotopic (exact) mass is 261 g/mol. The number of nitrogens with two attached hydrogens (primary N) is 1. The van der Waals surface area contributed by atoms with Crippen molar-refractivity contribution >= 4 is 28.7 Å². The van der Waals surface area contributed by atoms with Crippen LogP contribution in [0.15, 0.2) is 18.2 Å². The summed E-state index contributed by atoms with van der Waals surface area (Å²) in [6.45, 7) is 2.14. The summed E-state index contributed by atoms with van der Waals surface area (Å²) < 4.78 is 2.28. The fourth-order valence-corrected chi connectivity index (χ4v) is 4.13. The number of hydrogen-bond acceptors (Lipinski definition) is 3. The van der Waals surface area contributed by atoms with Gasteiger partial charge < -0.3 is 10.3 Å². The summed E-state index contributed by atoms with van der Waals surface area (Å²) in [4.78, 5) is 4.52. The second-order valence-electron chi connectivity index (χ2n) is 5.06. The zero-order valence-corrected chi connectivity index (χ0v) is 11.7. The van der Waals surface area contributed by atoms with Gasteiger partial charge in [-0.05, 0) is 37.7 Å². The number of hydrogen-bond donors (Lipinski definition) is 1. The first-order chi connectivity index (χ1) is 8.72. The Balaban J connectivity index is 2.19. The molecule has 1 aromatic heterocycles. The van der Waals surface area contributed by atoms with Crippen molar-refractivity contribution in [2.24, 2.45) is 0 Å². The van der Waals surface area contributed by atoms with E-state index in [1.54, 1.807) is 0 Å². The Morgan fingerprint density at radius 2 is 2.22 bits per heavy atom. The van der Waals surface area contributed by atoms with E-state index >= 15 is 0 Å². The minimum atomic E-state index is 0.506. The van der Waals surface area contributed by atoms with Gasteiger partial charge in [-0.25, -0.2) is 4.98 Å². The highest BCUT2D eigenvalue weighted by Gasteiger charge is 2.30. The summed E-state index contributed by atoms with van der Waals surface area (Å²) in [5.74, 6) is 0.672. The van der Waals surface area contributed by atoms with Crippen LogP contribution in [0.25, 0.3) is 11.0 Å². The SMILES string of the molecule is CSC1CCCC1n1c(N)nc2cccc(C)c21. The molecule has 0 radical (unpaired) electrons. The molecule has 4 heteroatoms. The zero-order valence-electron chi connectivity index (χ0n) is 10.9. The molecule has 3 rings (SSSR count). The first kappa shape index (κ1) is 11.9. The maximum atomic E-state index is 6.16. The quantitative estimate of drug-likeness (QED) is 0.901. The van der Waals surface area contributed by atoms with E-state index in [9.17, 15) is 0 Å². The number of nitrogen functional groups attached to an aromatic ring is 1. The zero-order chi connectivity index (χ0) is 12.7. The first-order valence-corrected chi connectivity index (χ1v) is 7.77. The topological polar surface area (TPSA) is 43.8 Å². The van der Waals surface area contributed by atoms with Crippen molar-refractivity contribution in [3.8, 4) is 0 Å². The lowest BCUT2D eigenvalue weighted by Gasteiger charge is -2.21. The lowest BCUT2D eigenvalue weighted by atomic mass is 10.1. The van der Waals surface area contributed by atoms with Gasteiger partial charge in [0.1, 0.15) is 0 Å². The van der Waals surface area contributed by atoms with Crippen molar-refractivity contribution in [2.45, 2.75) is 37.5 Å². The van der Waals surface area contributed by atoms with Gasteiger partial charge in [0.25, 0.3) is 0 Å². The van der Waals surface area contributed by atoms with Gasteiger partial charge in [-0.15, -0.1) is 0 Å². The third-order valence-corrected chi connectivity index (χ3v) is 5.15. The molecule has 0 spiro atoms. The number of benzene rings is 1. The Labute approximate surface area is 112 Å². The van der Waals surface area contributed by atoms with Crippen LogP contribution in [-0.4, -0.2) is 21.1 Å². The molecule has 2 atom stereocenters. The minimum absolute atomic E-state index is 0.506. The van der Waals surface area contributed by atoms with Gasteiger partial charge in [0.15, 0.2) is 0 Å². The highest BCUT2D eigenvalue weighted by atomic mass is 32.2. The van der Waals surface area contributed by atoms with Gasteiger partial charge in [0, 0.05) is 11.3 Å². The summed E-state index contributed by atoms with van der Waals surface area (Å²) in [6.07, 6.45) is 6.00. The predicted molar refractivity (Wildman–Crippen MR) is 79.1 cm³/mol. The number of nitrogens with zero attached hydrogens (tertiary/aromatic N) is 2. The number of para-hydroxylation sites is 1. The van der Waals surface area contributed by atoms with E-state index < -0.39 is 0 Å². The summed E-state index contributed by atoms with van der Waals surface area (Å²) in [6, 6.07) is 6.75. The molecule has 2 aromatic rings. The second-order valence-corrected chi connectivity index (χ2v) is 6.13. The van der Waals surface area contributed by atoms with E-state index in [1.165, 1.54) is 30.3 Å². The molecule has 2 N–H and O–H groups in total. The van der Waals surface area contributed by atoms with Crippen LogP contribution in [-0.2, 0) is 0 Å². The average molecular weight is 261 g/mol. The van der Waals surface area contributed by atoms with Crippen molar-refractivity contribution in [3.63, 3.8) is 0 Å². The average Bonchev–Trinajstić information content (AvgIpc) is 2.92. The number of rotatable bonds is 2. The Kier molecular flexibility index (Phi) is 2.98. The number of anilines is 1. The number of aryl methyl sites for hydroxylation is 1. The van der Waals surface area contributed by atoms with Gasteiger partial charge >= 0.3 is 0 Å². The van der Waals surface area contributed by atoms with Gasteiger partial charge in [0.05, 0.1) is 11.0 Å². The Hall–Kier alpha value is -1.16. The van der Waals surface area contributed by atoms with Crippen LogP contribution in [0.3, 0.4) is 0 Å². The Morgan fingerprint density at radius 3 is 3.00 bits per heavy atom. The van der Waals surface area contributed by atoms with E-state index in [0.29, 0.717) is 17.2 Å². The predicted octanol–water partition coefficient (Wildman–Crippen LogP) is 3.38. The maximum Gasteiger partial charge on any atom is 0.201 e. The van der Waals surface area contributed by atoms with Crippen LogP contribution in [0.1, 0.15) is 30.9 Å². The number of thioether (sulfide) groups is 1. The third-order valence-electron chi connectivity index (χ3n) is 3.99. The molecule has 1 aliphatic carbocycles. The number of imidazole rings is 1. The standard InChI is InChI=1S/C14H19N3S/c1-9-5-3-6-10-13(9)17(14(15)16-10)11-7-4-8-12(11)18-2/h3,5-6,11-12H,4,7-8H2,1-2H3,(H2,15,16). The van der Waals surface area contributed by atoms with Crippen molar-refractivity contribution < 1.29 is 0 Å². The van der Waals surface area contributed by atoms with Crippen LogP contribution in [0.4, 0.5) is 5.95 Å². The van der Waals surface area contributed by atoms with Crippen molar-refractivity contribution in [3.05, 3.63) is 23.8 Å². The van der Waals surface area contributed by atoms with E-state index in [2.05, 4.69) is 40.9 Å². The lowest BCUT2D eigenvalue weighted by molar-refractivity contribution is 0.549. The van der Waals surface area contributed by atoms with E-state index in [-0.39, 0.29) is 0 Å². The Bertz CT molecular complexity index is 576. The van der Waals surface area contributed by atoms with Crippen LogP contribution < -0.4 is 5.73 Å². The fourth-order valence-electron chi connectivity index (χ4n) is 3.15. The summed E-state index contributed by atoms with van der Waals surface area (Å²) >= 11 is 1.96. The molecule has 96 valence electrons. The molecular formula is C14H19N3S. The van der Waals surface area contributed by atoms with E-state index in [4.69, 9.17) is 5.73 Å². The molecular weight excluding hydrogens is 242 g/mol. The highest BCUT2D eigenvalue weighted by molar-refractivity contribution is 7.99. The van der Waals surface area contributed by atoms with Crippen LogP contribution in [0, 0.1) is 6.92 Å². The molecule has 0 bridgehead atoms. The molecule has 1 aromatic carbocycles.